The number of hydrogen-bond donors (Lipinski definition) is 1. The molecule has 5 nitrogen and oxygen atoms in total. The van der Waals surface area contributed by atoms with Gasteiger partial charge in [-0.05, 0) is 36.2 Å². The average Bonchev–Trinajstić information content (AvgIpc) is 2.91. The summed E-state index contributed by atoms with van der Waals surface area (Å²) in [7, 11) is 0. The van der Waals surface area contributed by atoms with Crippen molar-refractivity contribution in [2.24, 2.45) is 0 Å². The molecule has 1 N–H and O–H groups in total. The Morgan fingerprint density at radius 1 is 0.929 bits per heavy atom. The zero-order valence-electron chi connectivity index (χ0n) is 14.8. The fourth-order valence-electron chi connectivity index (χ4n) is 2.95. The van der Waals surface area contributed by atoms with E-state index in [4.69, 9.17) is 0 Å². The van der Waals surface area contributed by atoms with Crippen LogP contribution in [0.2, 0.25) is 0 Å². The van der Waals surface area contributed by atoms with Crippen LogP contribution in [0.15, 0.2) is 48.5 Å². The summed E-state index contributed by atoms with van der Waals surface area (Å²) in [5.41, 5.74) is 0.598. The Balaban J connectivity index is 1.44. The molecule has 146 valence electrons. The number of nitrogens with zero attached hydrogens (tertiary/aromatic N) is 1. The number of carbonyl (C=O) groups excluding carboxylic acids is 3. The first kappa shape index (κ1) is 19.6. The van der Waals surface area contributed by atoms with Gasteiger partial charge in [-0.2, -0.15) is 13.2 Å². The summed E-state index contributed by atoms with van der Waals surface area (Å²) >= 11 is 0. The van der Waals surface area contributed by atoms with E-state index >= 15 is 0 Å². The Labute approximate surface area is 159 Å². The summed E-state index contributed by atoms with van der Waals surface area (Å²) in [6.07, 6.45) is -4.05. The molecule has 0 aliphatic carbocycles. The molecule has 2 aromatic rings. The number of nitrogens with one attached hydrogen (secondary N) is 1. The molecule has 0 unspecified atom stereocenters. The van der Waals surface area contributed by atoms with Crippen molar-refractivity contribution in [3.05, 3.63) is 70.8 Å². The van der Waals surface area contributed by atoms with Gasteiger partial charge in [-0.25, -0.2) is 0 Å². The highest BCUT2D eigenvalue weighted by Crippen LogP contribution is 2.29. The number of amides is 3. The number of alkyl halides is 3. The van der Waals surface area contributed by atoms with Crippen LogP contribution < -0.4 is 5.32 Å². The van der Waals surface area contributed by atoms with Crippen LogP contribution in [-0.2, 0) is 17.4 Å². The molecule has 1 heterocycles. The molecule has 3 amide bonds. The van der Waals surface area contributed by atoms with Gasteiger partial charge in [0.05, 0.1) is 16.7 Å². The second kappa shape index (κ2) is 7.84. The van der Waals surface area contributed by atoms with E-state index in [1.54, 1.807) is 24.3 Å². The van der Waals surface area contributed by atoms with E-state index in [1.165, 1.54) is 12.1 Å². The number of carbonyl (C=O) groups is 3. The highest BCUT2D eigenvalue weighted by molar-refractivity contribution is 6.21. The number of halogens is 3. The Kier molecular flexibility index (Phi) is 5.48. The van der Waals surface area contributed by atoms with Gasteiger partial charge in [-0.15, -0.1) is 0 Å². The zero-order valence-corrected chi connectivity index (χ0v) is 14.8. The van der Waals surface area contributed by atoms with Crippen molar-refractivity contribution < 1.29 is 27.6 Å². The second-order valence-corrected chi connectivity index (χ2v) is 6.35. The van der Waals surface area contributed by atoms with Gasteiger partial charge >= 0.3 is 6.18 Å². The molecule has 0 saturated heterocycles. The van der Waals surface area contributed by atoms with Crippen LogP contribution in [0.4, 0.5) is 13.2 Å². The largest absolute Gasteiger partial charge is 0.416 e. The lowest BCUT2D eigenvalue weighted by atomic mass is 10.1. The van der Waals surface area contributed by atoms with Crippen molar-refractivity contribution in [3.8, 4) is 0 Å². The summed E-state index contributed by atoms with van der Waals surface area (Å²) in [5, 5.41) is 2.64. The van der Waals surface area contributed by atoms with E-state index in [2.05, 4.69) is 5.32 Å². The van der Waals surface area contributed by atoms with E-state index in [0.29, 0.717) is 23.1 Å². The van der Waals surface area contributed by atoms with Gasteiger partial charge in [0.15, 0.2) is 0 Å². The van der Waals surface area contributed by atoms with Crippen molar-refractivity contribution in [1.82, 2.24) is 10.2 Å². The maximum absolute atomic E-state index is 12.5. The molecule has 0 fully saturated rings. The summed E-state index contributed by atoms with van der Waals surface area (Å²) in [4.78, 5) is 37.4. The third-order valence-electron chi connectivity index (χ3n) is 4.46. The summed E-state index contributed by atoms with van der Waals surface area (Å²) in [6, 6.07) is 11.2. The topological polar surface area (TPSA) is 66.5 Å². The fraction of sp³-hybridized carbons (Fsp3) is 0.250. The number of benzene rings is 2. The van der Waals surface area contributed by atoms with Crippen molar-refractivity contribution in [1.29, 1.82) is 0 Å². The van der Waals surface area contributed by atoms with Crippen molar-refractivity contribution in [3.63, 3.8) is 0 Å². The third kappa shape index (κ3) is 4.21. The maximum atomic E-state index is 12.5. The Hall–Kier alpha value is -3.16. The van der Waals surface area contributed by atoms with Gasteiger partial charge in [0, 0.05) is 19.5 Å². The lowest BCUT2D eigenvalue weighted by Gasteiger charge is -2.13. The van der Waals surface area contributed by atoms with Crippen LogP contribution >= 0.6 is 0 Å². The average molecular weight is 390 g/mol. The van der Waals surface area contributed by atoms with Gasteiger partial charge in [0.1, 0.15) is 0 Å². The van der Waals surface area contributed by atoms with E-state index < -0.39 is 23.6 Å². The third-order valence-corrected chi connectivity index (χ3v) is 4.46. The van der Waals surface area contributed by atoms with Crippen molar-refractivity contribution in [2.75, 3.05) is 13.1 Å². The van der Waals surface area contributed by atoms with Gasteiger partial charge in [-0.1, -0.05) is 24.3 Å². The van der Waals surface area contributed by atoms with Crippen LogP contribution in [0.25, 0.3) is 0 Å². The minimum absolute atomic E-state index is 0.0293. The highest BCUT2D eigenvalue weighted by atomic mass is 19.4. The molecular weight excluding hydrogens is 373 g/mol. The first-order valence-electron chi connectivity index (χ1n) is 8.65. The van der Waals surface area contributed by atoms with Crippen LogP contribution in [0.3, 0.4) is 0 Å². The Morgan fingerprint density at radius 3 is 2.04 bits per heavy atom. The molecule has 8 heteroatoms. The van der Waals surface area contributed by atoms with Gasteiger partial charge < -0.3 is 5.32 Å². The smallest absolute Gasteiger partial charge is 0.356 e. The Bertz CT molecular complexity index is 873. The number of fused-ring (bicyclic) bond motifs is 1. The van der Waals surface area contributed by atoms with Crippen LogP contribution in [-0.4, -0.2) is 35.7 Å². The quantitative estimate of drug-likeness (QED) is 0.771. The minimum Gasteiger partial charge on any atom is -0.356 e. The zero-order chi connectivity index (χ0) is 20.3. The van der Waals surface area contributed by atoms with E-state index in [1.807, 2.05) is 0 Å². The van der Waals surface area contributed by atoms with E-state index in [9.17, 15) is 27.6 Å². The maximum Gasteiger partial charge on any atom is 0.416 e. The first-order chi connectivity index (χ1) is 13.3. The standard InChI is InChI=1S/C20H17F3N2O3/c21-20(22,23)14-7-5-13(6-8-14)9-11-24-17(26)10-12-25-18(27)15-3-1-2-4-16(15)19(25)28/h1-8H,9-12H2,(H,24,26). The number of imide groups is 1. The van der Waals surface area contributed by atoms with Crippen LogP contribution in [0.5, 0.6) is 0 Å². The molecule has 0 atom stereocenters. The lowest BCUT2D eigenvalue weighted by Crippen LogP contribution is -2.35. The molecule has 1 aliphatic rings. The molecule has 1 aliphatic heterocycles. The molecule has 28 heavy (non-hydrogen) atoms. The van der Waals surface area contributed by atoms with Gasteiger partial charge in [-0.3, -0.25) is 19.3 Å². The molecule has 0 radical (unpaired) electrons. The van der Waals surface area contributed by atoms with E-state index in [0.717, 1.165) is 17.0 Å². The van der Waals surface area contributed by atoms with Crippen LogP contribution in [0, 0.1) is 0 Å². The molecule has 3 rings (SSSR count). The predicted molar refractivity (Wildman–Crippen MR) is 94.6 cm³/mol. The first-order valence-corrected chi connectivity index (χ1v) is 8.65. The summed E-state index contributed by atoms with van der Waals surface area (Å²) in [5.74, 6) is -1.18. The predicted octanol–water partition coefficient (Wildman–Crippen LogP) is 3.05. The number of rotatable bonds is 6. The normalized spacial score (nSPS) is 13.6. The van der Waals surface area contributed by atoms with E-state index in [-0.39, 0.29) is 25.4 Å². The highest BCUT2D eigenvalue weighted by Gasteiger charge is 2.35. The molecule has 0 bridgehead atoms. The Morgan fingerprint density at radius 2 is 1.50 bits per heavy atom. The fourth-order valence-corrected chi connectivity index (χ4v) is 2.95. The van der Waals surface area contributed by atoms with Crippen LogP contribution in [0.1, 0.15) is 38.3 Å². The molecular formula is C20H17F3N2O3. The summed E-state index contributed by atoms with van der Waals surface area (Å²) < 4.78 is 37.6. The SMILES string of the molecule is O=C(CCN1C(=O)c2ccccc2C1=O)NCCc1ccc(C(F)(F)F)cc1. The summed E-state index contributed by atoms with van der Waals surface area (Å²) in [6.45, 7) is 0.213. The molecule has 0 spiro atoms. The molecule has 0 aromatic heterocycles. The lowest BCUT2D eigenvalue weighted by molar-refractivity contribution is -0.137. The minimum atomic E-state index is -4.38. The van der Waals surface area contributed by atoms with Crippen molar-refractivity contribution >= 4 is 17.7 Å². The second-order valence-electron chi connectivity index (χ2n) is 6.35. The monoisotopic (exact) mass is 390 g/mol. The van der Waals surface area contributed by atoms with Gasteiger partial charge in [0.2, 0.25) is 5.91 Å². The van der Waals surface area contributed by atoms with Crippen molar-refractivity contribution in [2.45, 2.75) is 19.0 Å². The molecule has 0 saturated carbocycles. The van der Waals surface area contributed by atoms with Gasteiger partial charge in [0.25, 0.3) is 11.8 Å². The number of hydrogen-bond acceptors (Lipinski definition) is 3. The molecule has 2 aromatic carbocycles.